The summed E-state index contributed by atoms with van der Waals surface area (Å²) in [6.45, 7) is 0.517. The number of nitrogens with one attached hydrogen (secondary N) is 1. The van der Waals surface area contributed by atoms with E-state index in [-0.39, 0.29) is 13.2 Å². The molecule has 0 rings (SSSR count). The Hall–Kier alpha value is 0.190. The number of halogens is 4. The second-order valence-electron chi connectivity index (χ2n) is 1.73. The molecule has 0 atom stereocenters. The van der Waals surface area contributed by atoms with E-state index in [0.717, 1.165) is 5.33 Å². The minimum absolute atomic E-state index is 0.213. The molecular formula is C5H9BrF3NO. The number of hydrogen-bond acceptors (Lipinski definition) is 2. The standard InChI is InChI=1S/C5H9BrF3NO/c6-1-2-10-3-4-11-5(7,8)9/h10H,1-4H2. The van der Waals surface area contributed by atoms with Gasteiger partial charge < -0.3 is 5.32 Å². The van der Waals surface area contributed by atoms with Crippen LogP contribution in [-0.4, -0.2) is 31.4 Å². The van der Waals surface area contributed by atoms with Crippen molar-refractivity contribution in [3.8, 4) is 0 Å². The van der Waals surface area contributed by atoms with Crippen molar-refractivity contribution >= 4 is 15.9 Å². The van der Waals surface area contributed by atoms with E-state index >= 15 is 0 Å². The summed E-state index contributed by atoms with van der Waals surface area (Å²) in [5, 5.41) is 3.46. The smallest absolute Gasteiger partial charge is 0.314 e. The van der Waals surface area contributed by atoms with Crippen LogP contribution in [0.2, 0.25) is 0 Å². The average molecular weight is 236 g/mol. The van der Waals surface area contributed by atoms with Crippen molar-refractivity contribution < 1.29 is 17.9 Å². The van der Waals surface area contributed by atoms with Crippen molar-refractivity contribution in [3.63, 3.8) is 0 Å². The van der Waals surface area contributed by atoms with E-state index in [2.05, 4.69) is 26.0 Å². The molecule has 68 valence electrons. The topological polar surface area (TPSA) is 21.3 Å². The van der Waals surface area contributed by atoms with Gasteiger partial charge in [-0.3, -0.25) is 4.74 Å². The van der Waals surface area contributed by atoms with Gasteiger partial charge in [0.05, 0.1) is 6.61 Å². The van der Waals surface area contributed by atoms with Crippen molar-refractivity contribution in [3.05, 3.63) is 0 Å². The van der Waals surface area contributed by atoms with Gasteiger partial charge in [-0.1, -0.05) is 15.9 Å². The molecule has 1 N–H and O–H groups in total. The summed E-state index contributed by atoms with van der Waals surface area (Å²) >= 11 is 3.12. The largest absolute Gasteiger partial charge is 0.522 e. The molecule has 0 saturated heterocycles. The third kappa shape index (κ3) is 10.2. The van der Waals surface area contributed by atoms with Gasteiger partial charge in [-0.15, -0.1) is 13.2 Å². The first kappa shape index (κ1) is 11.2. The van der Waals surface area contributed by atoms with Crippen LogP contribution in [0.3, 0.4) is 0 Å². The van der Waals surface area contributed by atoms with Crippen molar-refractivity contribution in [1.82, 2.24) is 5.32 Å². The summed E-state index contributed by atoms with van der Waals surface area (Å²) < 4.78 is 37.4. The Morgan fingerprint density at radius 1 is 1.27 bits per heavy atom. The van der Waals surface area contributed by atoms with E-state index in [0.29, 0.717) is 6.54 Å². The first-order valence-corrected chi connectivity index (χ1v) is 4.16. The molecular weight excluding hydrogens is 227 g/mol. The Bertz CT molecular complexity index is 98.2. The summed E-state index contributed by atoms with van der Waals surface area (Å²) in [4.78, 5) is 0. The van der Waals surface area contributed by atoms with Gasteiger partial charge in [0.2, 0.25) is 0 Å². The van der Waals surface area contributed by atoms with Crippen LogP contribution in [0.1, 0.15) is 0 Å². The second kappa shape index (κ2) is 5.79. The van der Waals surface area contributed by atoms with Crippen LogP contribution in [-0.2, 0) is 4.74 Å². The number of hydrogen-bond donors (Lipinski definition) is 1. The molecule has 0 spiro atoms. The van der Waals surface area contributed by atoms with Crippen LogP contribution < -0.4 is 5.32 Å². The van der Waals surface area contributed by atoms with Gasteiger partial charge in [0.1, 0.15) is 0 Å². The lowest BCUT2D eigenvalue weighted by Crippen LogP contribution is -2.25. The van der Waals surface area contributed by atoms with Crippen molar-refractivity contribution in [2.75, 3.05) is 25.0 Å². The normalized spacial score (nSPS) is 12.0. The molecule has 0 heterocycles. The molecule has 0 aliphatic carbocycles. The van der Waals surface area contributed by atoms with E-state index in [1.165, 1.54) is 0 Å². The molecule has 0 amide bonds. The van der Waals surface area contributed by atoms with Gasteiger partial charge in [0.15, 0.2) is 0 Å². The second-order valence-corrected chi connectivity index (χ2v) is 2.53. The molecule has 0 aromatic rings. The van der Waals surface area contributed by atoms with E-state index in [1.807, 2.05) is 0 Å². The van der Waals surface area contributed by atoms with Crippen LogP contribution in [0, 0.1) is 0 Å². The Balaban J connectivity index is 3.02. The van der Waals surface area contributed by atoms with Crippen LogP contribution in [0.4, 0.5) is 13.2 Å². The summed E-state index contributed by atoms with van der Waals surface area (Å²) in [7, 11) is 0. The quantitative estimate of drug-likeness (QED) is 0.577. The van der Waals surface area contributed by atoms with Crippen LogP contribution >= 0.6 is 15.9 Å². The highest BCUT2D eigenvalue weighted by Gasteiger charge is 2.28. The number of ether oxygens (including phenoxy) is 1. The summed E-state index contributed by atoms with van der Waals surface area (Å²) in [6.07, 6.45) is -4.50. The van der Waals surface area contributed by atoms with Gasteiger partial charge >= 0.3 is 6.36 Å². The van der Waals surface area contributed by atoms with E-state index in [1.54, 1.807) is 0 Å². The molecule has 6 heteroatoms. The van der Waals surface area contributed by atoms with Gasteiger partial charge in [-0.2, -0.15) is 0 Å². The molecule has 0 bridgehead atoms. The summed E-state index contributed by atoms with van der Waals surface area (Å²) in [6, 6.07) is 0. The molecule has 0 aliphatic rings. The van der Waals surface area contributed by atoms with Crippen LogP contribution in [0.15, 0.2) is 0 Å². The van der Waals surface area contributed by atoms with Gasteiger partial charge in [-0.05, 0) is 0 Å². The Labute approximate surface area is 71.2 Å². The van der Waals surface area contributed by atoms with E-state index < -0.39 is 6.36 Å². The maximum atomic E-state index is 11.3. The monoisotopic (exact) mass is 235 g/mol. The van der Waals surface area contributed by atoms with E-state index in [9.17, 15) is 13.2 Å². The zero-order valence-electron chi connectivity index (χ0n) is 5.75. The third-order valence-electron chi connectivity index (χ3n) is 0.816. The van der Waals surface area contributed by atoms with Gasteiger partial charge in [0, 0.05) is 18.4 Å². The Morgan fingerprint density at radius 3 is 2.36 bits per heavy atom. The molecule has 11 heavy (non-hydrogen) atoms. The zero-order valence-corrected chi connectivity index (χ0v) is 7.33. The average Bonchev–Trinajstić information content (AvgIpc) is 1.85. The lowest BCUT2D eigenvalue weighted by atomic mass is 10.6. The first-order chi connectivity index (χ1) is 5.06. The Morgan fingerprint density at radius 2 is 1.91 bits per heavy atom. The lowest BCUT2D eigenvalue weighted by Gasteiger charge is -2.06. The highest BCUT2D eigenvalue weighted by molar-refractivity contribution is 9.09. The molecule has 2 nitrogen and oxygen atoms in total. The molecule has 0 aromatic heterocycles. The zero-order chi connectivity index (χ0) is 8.74. The SMILES string of the molecule is FC(F)(F)OCCNCCBr. The predicted octanol–water partition coefficient (Wildman–Crippen LogP) is 1.51. The first-order valence-electron chi connectivity index (χ1n) is 3.03. The van der Waals surface area contributed by atoms with Gasteiger partial charge in [0.25, 0.3) is 0 Å². The highest BCUT2D eigenvalue weighted by atomic mass is 79.9. The highest BCUT2D eigenvalue weighted by Crippen LogP contribution is 2.14. The molecule has 0 unspecified atom stereocenters. The number of alkyl halides is 4. The predicted molar refractivity (Wildman–Crippen MR) is 38.7 cm³/mol. The summed E-state index contributed by atoms with van der Waals surface area (Å²) in [5.41, 5.74) is 0. The summed E-state index contributed by atoms with van der Waals surface area (Å²) in [5.74, 6) is 0. The van der Waals surface area contributed by atoms with Crippen molar-refractivity contribution in [2.24, 2.45) is 0 Å². The fourth-order valence-corrected chi connectivity index (χ4v) is 0.711. The third-order valence-corrected chi connectivity index (χ3v) is 1.21. The Kier molecular flexibility index (Phi) is 5.89. The van der Waals surface area contributed by atoms with Crippen LogP contribution in [0.5, 0.6) is 0 Å². The van der Waals surface area contributed by atoms with Crippen molar-refractivity contribution in [2.45, 2.75) is 6.36 Å². The molecule has 0 fully saturated rings. The minimum Gasteiger partial charge on any atom is -0.314 e. The minimum atomic E-state index is -4.50. The maximum Gasteiger partial charge on any atom is 0.522 e. The fourth-order valence-electron chi connectivity index (χ4n) is 0.431. The van der Waals surface area contributed by atoms with Crippen molar-refractivity contribution in [1.29, 1.82) is 0 Å². The molecule has 0 saturated carbocycles. The lowest BCUT2D eigenvalue weighted by molar-refractivity contribution is -0.323. The molecule has 0 aliphatic heterocycles. The fraction of sp³-hybridized carbons (Fsp3) is 1.00. The number of rotatable bonds is 5. The van der Waals surface area contributed by atoms with Crippen LogP contribution in [0.25, 0.3) is 0 Å². The van der Waals surface area contributed by atoms with E-state index in [4.69, 9.17) is 0 Å². The van der Waals surface area contributed by atoms with Gasteiger partial charge in [-0.25, -0.2) is 0 Å². The maximum absolute atomic E-state index is 11.3. The molecule has 0 radical (unpaired) electrons. The molecule has 0 aromatic carbocycles.